The Labute approximate surface area is 188 Å². The Hall–Kier alpha value is -2.57. The van der Waals surface area contributed by atoms with Crippen molar-refractivity contribution in [2.75, 3.05) is 31.1 Å². The lowest BCUT2D eigenvalue weighted by Crippen LogP contribution is -2.48. The lowest BCUT2D eigenvalue weighted by atomic mass is 10.1. The van der Waals surface area contributed by atoms with Gasteiger partial charge < -0.3 is 4.90 Å². The first-order chi connectivity index (χ1) is 15.3. The molecule has 0 N–H and O–H groups in total. The van der Waals surface area contributed by atoms with Gasteiger partial charge in [0.05, 0.1) is 17.4 Å². The SMILES string of the molecule is O=C(C1CCCN1Cc1cn(-c2ccccc2)nc1-c1ccccc1)N1CCSCC1. The minimum Gasteiger partial charge on any atom is -0.340 e. The Morgan fingerprint density at radius 1 is 0.968 bits per heavy atom. The molecule has 0 bridgehead atoms. The Bertz CT molecular complexity index is 1010. The predicted molar refractivity (Wildman–Crippen MR) is 126 cm³/mol. The first-order valence-corrected chi connectivity index (χ1v) is 12.2. The van der Waals surface area contributed by atoms with Crippen LogP contribution in [0.5, 0.6) is 0 Å². The molecule has 2 aliphatic rings. The number of benzene rings is 2. The molecule has 0 aliphatic carbocycles. The normalized spacial score (nSPS) is 19.6. The molecular weight excluding hydrogens is 404 g/mol. The highest BCUT2D eigenvalue weighted by Gasteiger charge is 2.34. The number of rotatable bonds is 5. The molecule has 1 amide bonds. The van der Waals surface area contributed by atoms with E-state index in [1.807, 2.05) is 40.7 Å². The number of aromatic nitrogens is 2. The van der Waals surface area contributed by atoms with Crippen molar-refractivity contribution in [1.29, 1.82) is 0 Å². The summed E-state index contributed by atoms with van der Waals surface area (Å²) in [7, 11) is 0. The van der Waals surface area contributed by atoms with Crippen molar-refractivity contribution in [1.82, 2.24) is 19.6 Å². The highest BCUT2D eigenvalue weighted by atomic mass is 32.2. The van der Waals surface area contributed by atoms with Gasteiger partial charge in [-0.3, -0.25) is 9.69 Å². The number of amides is 1. The van der Waals surface area contributed by atoms with Crippen LogP contribution in [0.25, 0.3) is 16.9 Å². The van der Waals surface area contributed by atoms with Crippen molar-refractivity contribution in [2.24, 2.45) is 0 Å². The fourth-order valence-corrected chi connectivity index (χ4v) is 5.49. The average Bonchev–Trinajstić information content (AvgIpc) is 3.48. The molecule has 2 saturated heterocycles. The summed E-state index contributed by atoms with van der Waals surface area (Å²) in [6.07, 6.45) is 4.16. The second-order valence-corrected chi connectivity index (χ2v) is 9.44. The smallest absolute Gasteiger partial charge is 0.239 e. The van der Waals surface area contributed by atoms with E-state index in [0.29, 0.717) is 5.91 Å². The number of hydrogen-bond acceptors (Lipinski definition) is 4. The summed E-state index contributed by atoms with van der Waals surface area (Å²) >= 11 is 1.94. The van der Waals surface area contributed by atoms with Gasteiger partial charge in [0, 0.05) is 48.5 Å². The number of para-hydroxylation sites is 1. The summed E-state index contributed by atoms with van der Waals surface area (Å²) in [5.41, 5.74) is 4.33. The van der Waals surface area contributed by atoms with Gasteiger partial charge in [0.25, 0.3) is 0 Å². The van der Waals surface area contributed by atoms with E-state index in [9.17, 15) is 4.79 Å². The number of carbonyl (C=O) groups is 1. The van der Waals surface area contributed by atoms with E-state index in [4.69, 9.17) is 5.10 Å². The quantitative estimate of drug-likeness (QED) is 0.609. The summed E-state index contributed by atoms with van der Waals surface area (Å²) in [6, 6.07) is 20.6. The third-order valence-electron chi connectivity index (χ3n) is 6.20. The van der Waals surface area contributed by atoms with E-state index in [0.717, 1.165) is 67.5 Å². The van der Waals surface area contributed by atoms with Crippen molar-refractivity contribution in [3.8, 4) is 16.9 Å². The maximum atomic E-state index is 13.2. The van der Waals surface area contributed by atoms with Crippen LogP contribution in [0, 0.1) is 0 Å². The molecule has 1 unspecified atom stereocenters. The molecule has 1 aromatic heterocycles. The fraction of sp³-hybridized carbons (Fsp3) is 0.360. The molecular formula is C25H28N4OS. The van der Waals surface area contributed by atoms with Gasteiger partial charge in [0.1, 0.15) is 0 Å². The van der Waals surface area contributed by atoms with E-state index >= 15 is 0 Å². The molecule has 6 heteroatoms. The van der Waals surface area contributed by atoms with Crippen LogP contribution >= 0.6 is 11.8 Å². The summed E-state index contributed by atoms with van der Waals surface area (Å²) in [6.45, 7) is 3.48. The van der Waals surface area contributed by atoms with E-state index in [1.165, 1.54) is 5.56 Å². The topological polar surface area (TPSA) is 41.4 Å². The minimum absolute atomic E-state index is 0.00759. The summed E-state index contributed by atoms with van der Waals surface area (Å²) in [4.78, 5) is 17.7. The Kier molecular flexibility index (Phi) is 6.09. The van der Waals surface area contributed by atoms with E-state index in [1.54, 1.807) is 0 Å². The van der Waals surface area contributed by atoms with Crippen molar-refractivity contribution in [2.45, 2.75) is 25.4 Å². The van der Waals surface area contributed by atoms with Gasteiger partial charge in [-0.25, -0.2) is 4.68 Å². The van der Waals surface area contributed by atoms with Crippen LogP contribution in [0.3, 0.4) is 0 Å². The number of likely N-dealkylation sites (tertiary alicyclic amines) is 1. The standard InChI is InChI=1S/C25H28N4OS/c30-25(27-14-16-31-17-15-27)23-12-7-13-28(23)18-21-19-29(22-10-5-2-6-11-22)26-24(21)20-8-3-1-4-9-20/h1-6,8-11,19,23H,7,12-18H2. The molecule has 3 heterocycles. The molecule has 1 atom stereocenters. The Morgan fingerprint density at radius 3 is 2.42 bits per heavy atom. The number of thioether (sulfide) groups is 1. The van der Waals surface area contributed by atoms with Crippen LogP contribution in [-0.2, 0) is 11.3 Å². The lowest BCUT2D eigenvalue weighted by molar-refractivity contribution is -0.135. The van der Waals surface area contributed by atoms with Crippen LogP contribution in [0.15, 0.2) is 66.9 Å². The molecule has 0 saturated carbocycles. The number of carbonyl (C=O) groups excluding carboxylic acids is 1. The highest BCUT2D eigenvalue weighted by Crippen LogP contribution is 2.29. The zero-order valence-corrected chi connectivity index (χ0v) is 18.5. The zero-order chi connectivity index (χ0) is 21.0. The van der Waals surface area contributed by atoms with Crippen LogP contribution < -0.4 is 0 Å². The maximum absolute atomic E-state index is 13.2. The largest absolute Gasteiger partial charge is 0.340 e. The third-order valence-corrected chi connectivity index (χ3v) is 7.15. The Balaban J connectivity index is 1.43. The fourth-order valence-electron chi connectivity index (χ4n) is 4.59. The summed E-state index contributed by atoms with van der Waals surface area (Å²) < 4.78 is 1.96. The third kappa shape index (κ3) is 4.41. The molecule has 5 rings (SSSR count). The molecule has 5 nitrogen and oxygen atoms in total. The van der Waals surface area contributed by atoms with E-state index < -0.39 is 0 Å². The van der Waals surface area contributed by atoms with Crippen LogP contribution in [0.1, 0.15) is 18.4 Å². The van der Waals surface area contributed by atoms with Gasteiger partial charge in [-0.15, -0.1) is 0 Å². The molecule has 31 heavy (non-hydrogen) atoms. The van der Waals surface area contributed by atoms with Crippen molar-refractivity contribution in [3.63, 3.8) is 0 Å². The van der Waals surface area contributed by atoms with Gasteiger partial charge in [-0.1, -0.05) is 48.5 Å². The lowest BCUT2D eigenvalue weighted by Gasteiger charge is -2.32. The maximum Gasteiger partial charge on any atom is 0.239 e. The summed E-state index contributed by atoms with van der Waals surface area (Å²) in [5.74, 6) is 2.43. The predicted octanol–water partition coefficient (Wildman–Crippen LogP) is 4.08. The van der Waals surface area contributed by atoms with Crippen LogP contribution in [-0.4, -0.2) is 62.7 Å². The monoisotopic (exact) mass is 432 g/mol. The zero-order valence-electron chi connectivity index (χ0n) is 17.7. The van der Waals surface area contributed by atoms with Gasteiger partial charge >= 0.3 is 0 Å². The first-order valence-electron chi connectivity index (χ1n) is 11.1. The molecule has 2 aromatic carbocycles. The van der Waals surface area contributed by atoms with Gasteiger partial charge in [0.15, 0.2) is 0 Å². The molecule has 2 fully saturated rings. The Morgan fingerprint density at radius 2 is 1.68 bits per heavy atom. The molecule has 0 radical (unpaired) electrons. The van der Waals surface area contributed by atoms with Gasteiger partial charge in [-0.2, -0.15) is 16.9 Å². The van der Waals surface area contributed by atoms with Crippen molar-refractivity contribution >= 4 is 17.7 Å². The van der Waals surface area contributed by atoms with Crippen molar-refractivity contribution in [3.05, 3.63) is 72.4 Å². The van der Waals surface area contributed by atoms with Crippen molar-refractivity contribution < 1.29 is 4.79 Å². The average molecular weight is 433 g/mol. The van der Waals surface area contributed by atoms with E-state index in [2.05, 4.69) is 52.4 Å². The number of hydrogen-bond donors (Lipinski definition) is 0. The molecule has 0 spiro atoms. The van der Waals surface area contributed by atoms with E-state index in [-0.39, 0.29) is 6.04 Å². The molecule has 2 aliphatic heterocycles. The molecule has 3 aromatic rings. The second kappa shape index (κ2) is 9.28. The first kappa shape index (κ1) is 20.3. The van der Waals surface area contributed by atoms with Gasteiger partial charge in [-0.05, 0) is 31.5 Å². The minimum atomic E-state index is -0.00759. The van der Waals surface area contributed by atoms with Crippen LogP contribution in [0.2, 0.25) is 0 Å². The molecule has 160 valence electrons. The second-order valence-electron chi connectivity index (χ2n) is 8.22. The number of nitrogens with zero attached hydrogens (tertiary/aromatic N) is 4. The summed E-state index contributed by atoms with van der Waals surface area (Å²) in [5, 5.41) is 4.94. The van der Waals surface area contributed by atoms with Crippen LogP contribution in [0.4, 0.5) is 0 Å². The van der Waals surface area contributed by atoms with Gasteiger partial charge in [0.2, 0.25) is 5.91 Å². The highest BCUT2D eigenvalue weighted by molar-refractivity contribution is 7.99.